The summed E-state index contributed by atoms with van der Waals surface area (Å²) in [4.78, 5) is 24.3. The molecule has 0 aliphatic heterocycles. The number of fused-ring (bicyclic) bond motifs is 5. The normalized spacial score (nSPS) is 51.0. The van der Waals surface area contributed by atoms with Gasteiger partial charge in [0, 0.05) is 0 Å². The fourth-order valence-corrected chi connectivity index (χ4v) is 6.39. The topological polar surface area (TPSA) is 54.4 Å². The lowest BCUT2D eigenvalue weighted by molar-refractivity contribution is -0.141. The third-order valence-electron chi connectivity index (χ3n) is 7.62. The zero-order chi connectivity index (χ0) is 15.7. The van der Waals surface area contributed by atoms with E-state index in [-0.39, 0.29) is 29.0 Å². The summed E-state index contributed by atoms with van der Waals surface area (Å²) in [6, 6.07) is 0. The molecule has 1 N–H and O–H groups in total. The summed E-state index contributed by atoms with van der Waals surface area (Å²) in [6.45, 7) is 4.31. The molecule has 0 saturated heterocycles. The van der Waals surface area contributed by atoms with Gasteiger partial charge in [-0.25, -0.2) is 0 Å². The van der Waals surface area contributed by atoms with Crippen LogP contribution in [0.25, 0.3) is 0 Å². The van der Waals surface area contributed by atoms with Crippen LogP contribution >= 0.6 is 0 Å². The molecule has 6 atom stereocenters. The molecule has 4 aliphatic carbocycles. The lowest BCUT2D eigenvalue weighted by Gasteiger charge is -2.59. The fourth-order valence-electron chi connectivity index (χ4n) is 6.39. The summed E-state index contributed by atoms with van der Waals surface area (Å²) in [5.41, 5.74) is 0.649. The first-order valence-electron chi connectivity index (χ1n) is 8.87. The van der Waals surface area contributed by atoms with Gasteiger partial charge in [-0.05, 0) is 73.8 Å². The minimum Gasteiger partial charge on any atom is -0.393 e. The largest absolute Gasteiger partial charge is 0.393 e. The Morgan fingerprint density at radius 2 is 1.86 bits per heavy atom. The van der Waals surface area contributed by atoms with Crippen LogP contribution in [0.5, 0.6) is 0 Å². The highest BCUT2D eigenvalue weighted by molar-refractivity contribution is 6.46. The van der Waals surface area contributed by atoms with Gasteiger partial charge in [0.25, 0.3) is 0 Å². The molecule has 4 aliphatic rings. The minimum absolute atomic E-state index is 0.178. The van der Waals surface area contributed by atoms with Crippen molar-refractivity contribution in [3.63, 3.8) is 0 Å². The Morgan fingerprint density at radius 1 is 1.09 bits per heavy atom. The highest BCUT2D eigenvalue weighted by atomic mass is 16.3. The van der Waals surface area contributed by atoms with E-state index in [1.165, 1.54) is 19.3 Å². The Morgan fingerprint density at radius 3 is 2.64 bits per heavy atom. The molecule has 0 amide bonds. The Hall–Kier alpha value is -0.960. The number of allylic oxidation sites excluding steroid dienone is 2. The monoisotopic (exact) mass is 302 g/mol. The van der Waals surface area contributed by atoms with E-state index in [0.717, 1.165) is 31.3 Å². The van der Waals surface area contributed by atoms with Crippen LogP contribution in [0.3, 0.4) is 0 Å². The molecule has 3 fully saturated rings. The van der Waals surface area contributed by atoms with Gasteiger partial charge in [-0.15, -0.1) is 0 Å². The van der Waals surface area contributed by atoms with E-state index in [1.54, 1.807) is 6.08 Å². The lowest BCUT2D eigenvalue weighted by Crippen LogP contribution is -2.55. The lowest BCUT2D eigenvalue weighted by atomic mass is 9.46. The highest BCUT2D eigenvalue weighted by Crippen LogP contribution is 2.63. The van der Waals surface area contributed by atoms with Crippen molar-refractivity contribution >= 4 is 11.6 Å². The van der Waals surface area contributed by atoms with Crippen LogP contribution in [0.4, 0.5) is 0 Å². The van der Waals surface area contributed by atoms with Gasteiger partial charge in [-0.1, -0.05) is 19.8 Å². The second-order valence-corrected chi connectivity index (χ2v) is 8.54. The molecule has 2 unspecified atom stereocenters. The highest BCUT2D eigenvalue weighted by Gasteiger charge is 2.60. The van der Waals surface area contributed by atoms with Crippen LogP contribution in [0.15, 0.2) is 11.6 Å². The molecular weight excluding hydrogens is 276 g/mol. The quantitative estimate of drug-likeness (QED) is 0.700. The molecule has 0 aromatic carbocycles. The standard InChI is InChI=1S/C19H26O3/c1-18-7-4-3-5-13(18)15(20)9-11-12(18)6-8-19(2)14(11)10-16(21)17(19)22/h10-13,15,20H,3-9H2,1-2H3/t11-,12+,13?,15?,18-,19+/m1/s1. The van der Waals surface area contributed by atoms with Gasteiger partial charge in [-0.3, -0.25) is 9.59 Å². The van der Waals surface area contributed by atoms with Crippen molar-refractivity contribution in [3.05, 3.63) is 11.6 Å². The third-order valence-corrected chi connectivity index (χ3v) is 7.62. The molecule has 0 aromatic rings. The Balaban J connectivity index is 1.76. The molecule has 0 radical (unpaired) electrons. The van der Waals surface area contributed by atoms with Crippen molar-refractivity contribution in [2.24, 2.45) is 28.6 Å². The summed E-state index contributed by atoms with van der Waals surface area (Å²) in [5.74, 6) is 0.623. The Bertz CT molecular complexity index is 577. The SMILES string of the molecule is C[C@]12CC[C@H]3[C@@H](CC(O)C4CCCC[C@@]43C)C1=CC(=O)C2=O. The first-order valence-corrected chi connectivity index (χ1v) is 8.87. The number of hydrogen-bond acceptors (Lipinski definition) is 3. The predicted octanol–water partition coefficient (Wildman–Crippen LogP) is 3.06. The molecule has 3 heteroatoms. The average molecular weight is 302 g/mol. The average Bonchev–Trinajstić information content (AvgIpc) is 2.71. The van der Waals surface area contributed by atoms with Crippen molar-refractivity contribution in [3.8, 4) is 0 Å². The van der Waals surface area contributed by atoms with Crippen molar-refractivity contribution < 1.29 is 14.7 Å². The van der Waals surface area contributed by atoms with Crippen molar-refractivity contribution in [1.82, 2.24) is 0 Å². The first-order chi connectivity index (χ1) is 10.4. The number of carbonyl (C=O) groups is 2. The smallest absolute Gasteiger partial charge is 0.222 e. The second-order valence-electron chi connectivity index (χ2n) is 8.54. The number of aliphatic hydroxyl groups excluding tert-OH is 1. The molecule has 3 nitrogen and oxygen atoms in total. The van der Waals surface area contributed by atoms with E-state index in [1.807, 2.05) is 6.92 Å². The molecule has 0 bridgehead atoms. The van der Waals surface area contributed by atoms with Gasteiger partial charge in [0.1, 0.15) is 0 Å². The molecule has 22 heavy (non-hydrogen) atoms. The van der Waals surface area contributed by atoms with Crippen LogP contribution < -0.4 is 0 Å². The Kier molecular flexibility index (Phi) is 3.01. The maximum Gasteiger partial charge on any atom is 0.222 e. The molecule has 0 aromatic heterocycles. The third kappa shape index (κ3) is 1.66. The van der Waals surface area contributed by atoms with Gasteiger partial charge < -0.3 is 5.11 Å². The molecule has 3 saturated carbocycles. The van der Waals surface area contributed by atoms with Gasteiger partial charge in [0.2, 0.25) is 11.6 Å². The molecule has 4 rings (SSSR count). The molecular formula is C19H26O3. The summed E-state index contributed by atoms with van der Waals surface area (Å²) < 4.78 is 0. The number of carbonyl (C=O) groups excluding carboxylic acids is 2. The molecule has 120 valence electrons. The zero-order valence-corrected chi connectivity index (χ0v) is 13.6. The zero-order valence-electron chi connectivity index (χ0n) is 13.6. The van der Waals surface area contributed by atoms with E-state index in [4.69, 9.17) is 0 Å². The summed E-state index contributed by atoms with van der Waals surface area (Å²) in [5, 5.41) is 10.7. The number of hydrogen-bond donors (Lipinski definition) is 1. The van der Waals surface area contributed by atoms with Crippen molar-refractivity contribution in [1.29, 1.82) is 0 Å². The predicted molar refractivity (Wildman–Crippen MR) is 83.1 cm³/mol. The van der Waals surface area contributed by atoms with Gasteiger partial charge in [0.05, 0.1) is 11.5 Å². The van der Waals surface area contributed by atoms with Gasteiger partial charge >= 0.3 is 0 Å². The number of ketones is 2. The Labute approximate surface area is 132 Å². The maximum absolute atomic E-state index is 12.3. The van der Waals surface area contributed by atoms with Gasteiger partial charge in [-0.2, -0.15) is 0 Å². The van der Waals surface area contributed by atoms with Crippen LogP contribution in [-0.4, -0.2) is 22.8 Å². The van der Waals surface area contributed by atoms with Crippen LogP contribution in [0.1, 0.15) is 58.8 Å². The molecule has 0 heterocycles. The first kappa shape index (κ1) is 14.6. The van der Waals surface area contributed by atoms with E-state index >= 15 is 0 Å². The summed E-state index contributed by atoms with van der Waals surface area (Å²) in [6.07, 6.45) is 8.71. The molecule has 0 spiro atoms. The van der Waals surface area contributed by atoms with Crippen LogP contribution in [0, 0.1) is 28.6 Å². The maximum atomic E-state index is 12.3. The van der Waals surface area contributed by atoms with E-state index in [0.29, 0.717) is 11.8 Å². The number of aliphatic hydroxyl groups is 1. The number of rotatable bonds is 0. The van der Waals surface area contributed by atoms with E-state index in [9.17, 15) is 14.7 Å². The minimum atomic E-state index is -0.574. The second kappa shape index (κ2) is 4.53. The van der Waals surface area contributed by atoms with Crippen molar-refractivity contribution in [2.75, 3.05) is 0 Å². The van der Waals surface area contributed by atoms with Crippen molar-refractivity contribution in [2.45, 2.75) is 64.9 Å². The fraction of sp³-hybridized carbons (Fsp3) is 0.789. The van der Waals surface area contributed by atoms with E-state index < -0.39 is 5.41 Å². The van der Waals surface area contributed by atoms with Gasteiger partial charge in [0.15, 0.2) is 0 Å². The number of Topliss-reactive ketones (excluding diaryl/α,β-unsaturated/α-hetero) is 1. The van der Waals surface area contributed by atoms with Crippen LogP contribution in [-0.2, 0) is 9.59 Å². The van der Waals surface area contributed by atoms with Crippen LogP contribution in [0.2, 0.25) is 0 Å². The summed E-state index contributed by atoms with van der Waals surface area (Å²) in [7, 11) is 0. The van der Waals surface area contributed by atoms with E-state index in [2.05, 4.69) is 6.92 Å². The summed E-state index contributed by atoms with van der Waals surface area (Å²) >= 11 is 0.